The second-order valence-electron chi connectivity index (χ2n) is 4.71. The average Bonchev–Trinajstić information content (AvgIpc) is 2.74. The normalized spacial score (nSPS) is 26.9. The Labute approximate surface area is 105 Å². The topological polar surface area (TPSA) is 62.4 Å². The van der Waals surface area contributed by atoms with Gasteiger partial charge in [-0.2, -0.15) is 0 Å². The zero-order chi connectivity index (χ0) is 10.5. The first-order valence-corrected chi connectivity index (χ1v) is 6.10. The molecule has 0 amide bonds. The van der Waals surface area contributed by atoms with Gasteiger partial charge in [-0.3, -0.25) is 4.90 Å². The SMILES string of the molecule is Cl.Nc1ncc(CN2CC(O)C3(CC3)C2)s1. The van der Waals surface area contributed by atoms with E-state index in [4.69, 9.17) is 5.73 Å². The molecule has 0 bridgehead atoms. The van der Waals surface area contributed by atoms with Crippen LogP contribution in [0.15, 0.2) is 6.20 Å². The van der Waals surface area contributed by atoms with Crippen molar-refractivity contribution < 1.29 is 5.11 Å². The monoisotopic (exact) mass is 261 g/mol. The van der Waals surface area contributed by atoms with Crippen LogP contribution < -0.4 is 5.73 Å². The standard InChI is InChI=1S/C10H15N3OS.ClH/c11-9-12-3-7(15-9)4-13-5-8(14)10(6-13)1-2-10;/h3,8,14H,1-2,4-6H2,(H2,11,12);1H. The molecular formula is C10H16ClN3OS. The fourth-order valence-corrected chi connectivity index (χ4v) is 3.17. The minimum Gasteiger partial charge on any atom is -0.391 e. The van der Waals surface area contributed by atoms with Crippen LogP contribution in [-0.4, -0.2) is 34.2 Å². The van der Waals surface area contributed by atoms with Crippen molar-refractivity contribution >= 4 is 28.9 Å². The van der Waals surface area contributed by atoms with E-state index in [-0.39, 0.29) is 23.9 Å². The molecule has 1 saturated carbocycles. The number of hydrogen-bond acceptors (Lipinski definition) is 5. The Bertz CT molecular complexity index is 380. The van der Waals surface area contributed by atoms with Gasteiger partial charge >= 0.3 is 0 Å². The number of rotatable bonds is 2. The number of nitrogens with two attached hydrogens (primary N) is 1. The highest BCUT2D eigenvalue weighted by molar-refractivity contribution is 7.15. The Kier molecular flexibility index (Phi) is 3.13. The number of hydrogen-bond donors (Lipinski definition) is 2. The molecule has 4 nitrogen and oxygen atoms in total. The van der Waals surface area contributed by atoms with Crippen LogP contribution in [0.3, 0.4) is 0 Å². The lowest BCUT2D eigenvalue weighted by Crippen LogP contribution is -2.20. The Balaban J connectivity index is 0.000000963. The summed E-state index contributed by atoms with van der Waals surface area (Å²) in [6.07, 6.45) is 4.10. The molecule has 2 fully saturated rings. The van der Waals surface area contributed by atoms with Crippen molar-refractivity contribution in [1.29, 1.82) is 0 Å². The minimum absolute atomic E-state index is 0. The molecule has 1 spiro atoms. The number of anilines is 1. The molecule has 1 aromatic heterocycles. The van der Waals surface area contributed by atoms with E-state index in [0.717, 1.165) is 19.6 Å². The lowest BCUT2D eigenvalue weighted by Gasteiger charge is -2.12. The largest absolute Gasteiger partial charge is 0.391 e. The fourth-order valence-electron chi connectivity index (χ4n) is 2.44. The quantitative estimate of drug-likeness (QED) is 0.837. The molecule has 1 aliphatic carbocycles. The van der Waals surface area contributed by atoms with Crippen molar-refractivity contribution in [2.75, 3.05) is 18.8 Å². The first kappa shape index (κ1) is 12.1. The van der Waals surface area contributed by atoms with Gasteiger partial charge in [-0.15, -0.1) is 23.7 Å². The van der Waals surface area contributed by atoms with Crippen LogP contribution in [0.25, 0.3) is 0 Å². The van der Waals surface area contributed by atoms with Gasteiger partial charge in [-0.25, -0.2) is 4.98 Å². The highest BCUT2D eigenvalue weighted by atomic mass is 35.5. The summed E-state index contributed by atoms with van der Waals surface area (Å²) in [6, 6.07) is 0. The number of nitrogens with zero attached hydrogens (tertiary/aromatic N) is 2. The lowest BCUT2D eigenvalue weighted by atomic mass is 10.0. The summed E-state index contributed by atoms with van der Waals surface area (Å²) in [5.41, 5.74) is 5.83. The molecule has 90 valence electrons. The molecule has 3 rings (SSSR count). The van der Waals surface area contributed by atoms with Crippen LogP contribution in [0, 0.1) is 5.41 Å². The molecular weight excluding hydrogens is 246 g/mol. The van der Waals surface area contributed by atoms with Crippen LogP contribution in [-0.2, 0) is 6.54 Å². The summed E-state index contributed by atoms with van der Waals surface area (Å²) in [5, 5.41) is 10.5. The van der Waals surface area contributed by atoms with Crippen LogP contribution in [0.4, 0.5) is 5.13 Å². The average molecular weight is 262 g/mol. The number of thiazole rings is 1. The zero-order valence-electron chi connectivity index (χ0n) is 8.93. The van der Waals surface area contributed by atoms with Crippen molar-refractivity contribution in [3.05, 3.63) is 11.1 Å². The number of halogens is 1. The van der Waals surface area contributed by atoms with Crippen LogP contribution in [0.5, 0.6) is 0 Å². The third kappa shape index (κ3) is 2.05. The van der Waals surface area contributed by atoms with Crippen LogP contribution >= 0.6 is 23.7 Å². The number of likely N-dealkylation sites (tertiary alicyclic amines) is 1. The van der Waals surface area contributed by atoms with Crippen molar-refractivity contribution in [3.8, 4) is 0 Å². The van der Waals surface area contributed by atoms with Gasteiger partial charge in [0.2, 0.25) is 0 Å². The molecule has 0 radical (unpaired) electrons. The summed E-state index contributed by atoms with van der Waals surface area (Å²) < 4.78 is 0. The van der Waals surface area contributed by atoms with Crippen molar-refractivity contribution in [3.63, 3.8) is 0 Å². The highest BCUT2D eigenvalue weighted by Gasteiger charge is 2.54. The summed E-state index contributed by atoms with van der Waals surface area (Å²) >= 11 is 1.54. The maximum Gasteiger partial charge on any atom is 0.180 e. The maximum atomic E-state index is 9.89. The second kappa shape index (κ2) is 4.14. The van der Waals surface area contributed by atoms with Crippen molar-refractivity contribution in [2.45, 2.75) is 25.5 Å². The predicted octanol–water partition coefficient (Wildman–Crippen LogP) is 1.10. The van der Waals surface area contributed by atoms with E-state index in [1.54, 1.807) is 0 Å². The van der Waals surface area contributed by atoms with Gasteiger partial charge in [0.25, 0.3) is 0 Å². The van der Waals surface area contributed by atoms with Crippen molar-refractivity contribution in [2.24, 2.45) is 5.41 Å². The smallest absolute Gasteiger partial charge is 0.180 e. The third-order valence-electron chi connectivity index (χ3n) is 3.52. The summed E-state index contributed by atoms with van der Waals surface area (Å²) in [5.74, 6) is 0. The van der Waals surface area contributed by atoms with Crippen LogP contribution in [0.1, 0.15) is 17.7 Å². The highest BCUT2D eigenvalue weighted by Crippen LogP contribution is 2.52. The molecule has 1 saturated heterocycles. The first-order valence-electron chi connectivity index (χ1n) is 5.29. The molecule has 6 heteroatoms. The Morgan fingerprint density at radius 2 is 2.38 bits per heavy atom. The molecule has 1 aromatic rings. The molecule has 1 aliphatic heterocycles. The van der Waals surface area contributed by atoms with Gasteiger partial charge < -0.3 is 10.8 Å². The van der Waals surface area contributed by atoms with E-state index < -0.39 is 0 Å². The third-order valence-corrected chi connectivity index (χ3v) is 4.33. The molecule has 3 N–H and O–H groups in total. The molecule has 2 heterocycles. The summed E-state index contributed by atoms with van der Waals surface area (Å²) in [4.78, 5) is 7.54. The van der Waals surface area contributed by atoms with Gasteiger partial charge in [0.1, 0.15) is 0 Å². The number of nitrogen functional groups attached to an aromatic ring is 1. The van der Waals surface area contributed by atoms with E-state index in [1.165, 1.54) is 29.1 Å². The second-order valence-corrected chi connectivity index (χ2v) is 5.86. The molecule has 1 atom stereocenters. The Hall–Kier alpha value is -0.360. The van der Waals surface area contributed by atoms with Gasteiger partial charge in [-0.05, 0) is 12.8 Å². The van der Waals surface area contributed by atoms with Gasteiger partial charge in [0, 0.05) is 36.1 Å². The number of aliphatic hydroxyl groups excluding tert-OH is 1. The molecule has 16 heavy (non-hydrogen) atoms. The first-order chi connectivity index (χ1) is 7.18. The Morgan fingerprint density at radius 1 is 1.62 bits per heavy atom. The Morgan fingerprint density at radius 3 is 2.88 bits per heavy atom. The van der Waals surface area contributed by atoms with E-state index in [9.17, 15) is 5.11 Å². The van der Waals surface area contributed by atoms with E-state index in [0.29, 0.717) is 5.13 Å². The number of aliphatic hydroxyl groups is 1. The van der Waals surface area contributed by atoms with Crippen LogP contribution in [0.2, 0.25) is 0 Å². The number of β-amino-alcohol motifs (C(OH)–C–C–N with tert-alkyl or cyclic N) is 1. The van der Waals surface area contributed by atoms with Gasteiger partial charge in [0.05, 0.1) is 6.10 Å². The zero-order valence-corrected chi connectivity index (χ0v) is 10.6. The fraction of sp³-hybridized carbons (Fsp3) is 0.700. The van der Waals surface area contributed by atoms with Gasteiger partial charge in [-0.1, -0.05) is 0 Å². The molecule has 0 aromatic carbocycles. The summed E-state index contributed by atoms with van der Waals surface area (Å²) in [7, 11) is 0. The summed E-state index contributed by atoms with van der Waals surface area (Å²) in [6.45, 7) is 2.72. The lowest BCUT2D eigenvalue weighted by molar-refractivity contribution is 0.131. The maximum absolute atomic E-state index is 9.89. The van der Waals surface area contributed by atoms with E-state index in [2.05, 4.69) is 9.88 Å². The van der Waals surface area contributed by atoms with Gasteiger partial charge in [0.15, 0.2) is 5.13 Å². The number of aromatic nitrogens is 1. The molecule has 1 unspecified atom stereocenters. The molecule has 2 aliphatic rings. The van der Waals surface area contributed by atoms with E-state index in [1.807, 2.05) is 6.20 Å². The predicted molar refractivity (Wildman–Crippen MR) is 66.7 cm³/mol. The van der Waals surface area contributed by atoms with Crippen molar-refractivity contribution in [1.82, 2.24) is 9.88 Å². The minimum atomic E-state index is -0.122. The van der Waals surface area contributed by atoms with E-state index >= 15 is 0 Å².